The summed E-state index contributed by atoms with van der Waals surface area (Å²) in [4.78, 5) is 11.9. The highest BCUT2D eigenvalue weighted by atomic mass is 79.9. The van der Waals surface area contributed by atoms with Crippen LogP contribution in [0.3, 0.4) is 0 Å². The lowest BCUT2D eigenvalue weighted by molar-refractivity contribution is -0.123. The van der Waals surface area contributed by atoms with Gasteiger partial charge in [-0.3, -0.25) is 4.79 Å². The Kier molecular flexibility index (Phi) is 7.02. The number of hydrogen-bond donors (Lipinski definition) is 1. The zero-order chi connectivity index (χ0) is 18.4. The number of aryl methyl sites for hydroxylation is 1. The number of hydrazone groups is 1. The number of hydrogen-bond acceptors (Lipinski definition) is 3. The van der Waals surface area contributed by atoms with Crippen molar-refractivity contribution in [3.63, 3.8) is 0 Å². The van der Waals surface area contributed by atoms with Gasteiger partial charge < -0.3 is 4.74 Å². The molecule has 0 aliphatic heterocycles. The topological polar surface area (TPSA) is 50.7 Å². The van der Waals surface area contributed by atoms with Crippen molar-refractivity contribution in [2.45, 2.75) is 26.7 Å². The molecule has 0 radical (unpaired) electrons. The lowest BCUT2D eigenvalue weighted by Gasteiger charge is -2.15. The summed E-state index contributed by atoms with van der Waals surface area (Å²) >= 11 is 9.55. The molecule has 0 unspecified atom stereocenters. The summed E-state index contributed by atoms with van der Waals surface area (Å²) in [6.45, 7) is 6.03. The first-order valence-corrected chi connectivity index (χ1v) is 9.05. The molecule has 0 spiro atoms. The second-order valence-corrected chi connectivity index (χ2v) is 7.16. The van der Waals surface area contributed by atoms with E-state index in [1.54, 1.807) is 6.07 Å². The maximum absolute atomic E-state index is 11.9. The number of nitrogens with one attached hydrogen (secondary N) is 1. The van der Waals surface area contributed by atoms with Crippen molar-refractivity contribution in [3.05, 3.63) is 62.6 Å². The standard InChI is InChI=1S/C19H20BrClN2O2/c1-12(2)15-9-16(20)13(3)8-18(15)25-11-19(24)23-22-10-14-6-4-5-7-17(14)21/h4-10,12H,11H2,1-3H3,(H,23,24). The molecule has 0 aliphatic rings. The van der Waals surface area contributed by atoms with Gasteiger partial charge in [-0.05, 0) is 42.2 Å². The van der Waals surface area contributed by atoms with Crippen LogP contribution in [-0.2, 0) is 4.79 Å². The van der Waals surface area contributed by atoms with Crippen LogP contribution in [0.25, 0.3) is 0 Å². The van der Waals surface area contributed by atoms with Gasteiger partial charge in [0.05, 0.1) is 6.21 Å². The van der Waals surface area contributed by atoms with Crippen LogP contribution in [-0.4, -0.2) is 18.7 Å². The zero-order valence-electron chi connectivity index (χ0n) is 14.3. The molecule has 2 aromatic carbocycles. The van der Waals surface area contributed by atoms with Crippen LogP contribution in [0.2, 0.25) is 5.02 Å². The van der Waals surface area contributed by atoms with Crippen molar-refractivity contribution in [2.75, 3.05) is 6.61 Å². The fourth-order valence-corrected chi connectivity index (χ4v) is 2.72. The molecule has 0 aromatic heterocycles. The van der Waals surface area contributed by atoms with E-state index in [1.807, 2.05) is 37.3 Å². The third-order valence-electron chi connectivity index (χ3n) is 3.57. The average molecular weight is 424 g/mol. The third-order valence-corrected chi connectivity index (χ3v) is 4.77. The molecule has 2 aromatic rings. The van der Waals surface area contributed by atoms with Gasteiger partial charge in [-0.2, -0.15) is 5.10 Å². The smallest absolute Gasteiger partial charge is 0.277 e. The van der Waals surface area contributed by atoms with Crippen molar-refractivity contribution in [1.82, 2.24) is 5.43 Å². The summed E-state index contributed by atoms with van der Waals surface area (Å²) in [5.41, 5.74) is 5.27. The maximum atomic E-state index is 11.9. The fraction of sp³-hybridized carbons (Fsp3) is 0.263. The summed E-state index contributed by atoms with van der Waals surface area (Å²) in [5.74, 6) is 0.660. The lowest BCUT2D eigenvalue weighted by Crippen LogP contribution is -2.25. The Bertz CT molecular complexity index is 791. The summed E-state index contributed by atoms with van der Waals surface area (Å²) in [7, 11) is 0. The third kappa shape index (κ3) is 5.58. The number of carbonyl (C=O) groups excluding carboxylic acids is 1. The minimum Gasteiger partial charge on any atom is -0.483 e. The minimum atomic E-state index is -0.335. The Morgan fingerprint density at radius 2 is 2.08 bits per heavy atom. The number of benzene rings is 2. The number of rotatable bonds is 6. The number of nitrogens with zero attached hydrogens (tertiary/aromatic N) is 1. The van der Waals surface area contributed by atoms with Crippen molar-refractivity contribution < 1.29 is 9.53 Å². The molecular formula is C19H20BrClN2O2. The molecule has 25 heavy (non-hydrogen) atoms. The van der Waals surface area contributed by atoms with E-state index in [1.165, 1.54) is 6.21 Å². The predicted octanol–water partition coefficient (Wildman–Crippen LogP) is 5.06. The van der Waals surface area contributed by atoms with Gasteiger partial charge >= 0.3 is 0 Å². The molecule has 132 valence electrons. The number of amides is 1. The molecule has 1 N–H and O–H groups in total. The first-order valence-electron chi connectivity index (χ1n) is 7.87. The molecule has 0 heterocycles. The van der Waals surface area contributed by atoms with E-state index in [9.17, 15) is 4.79 Å². The number of ether oxygens (including phenoxy) is 1. The van der Waals surface area contributed by atoms with Crippen molar-refractivity contribution in [3.8, 4) is 5.75 Å². The van der Waals surface area contributed by atoms with Crippen LogP contribution >= 0.6 is 27.5 Å². The second-order valence-electron chi connectivity index (χ2n) is 5.90. The monoisotopic (exact) mass is 422 g/mol. The quantitative estimate of drug-likeness (QED) is 0.521. The van der Waals surface area contributed by atoms with E-state index in [0.717, 1.165) is 21.2 Å². The Morgan fingerprint density at radius 1 is 1.36 bits per heavy atom. The molecule has 0 aliphatic carbocycles. The van der Waals surface area contributed by atoms with E-state index >= 15 is 0 Å². The first-order chi connectivity index (χ1) is 11.9. The van der Waals surface area contributed by atoms with Gasteiger partial charge in [0.25, 0.3) is 5.91 Å². The van der Waals surface area contributed by atoms with Crippen LogP contribution in [0.15, 0.2) is 46.0 Å². The van der Waals surface area contributed by atoms with Gasteiger partial charge in [-0.25, -0.2) is 5.43 Å². The van der Waals surface area contributed by atoms with E-state index in [4.69, 9.17) is 16.3 Å². The van der Waals surface area contributed by atoms with Crippen molar-refractivity contribution in [1.29, 1.82) is 0 Å². The molecule has 6 heteroatoms. The largest absolute Gasteiger partial charge is 0.483 e. The highest BCUT2D eigenvalue weighted by Gasteiger charge is 2.12. The number of halogens is 2. The molecule has 0 bridgehead atoms. The second kappa shape index (κ2) is 9.02. The van der Waals surface area contributed by atoms with Gasteiger partial charge in [0.15, 0.2) is 6.61 Å². The minimum absolute atomic E-state index is 0.110. The SMILES string of the molecule is Cc1cc(OCC(=O)NN=Cc2ccccc2Cl)c(C(C)C)cc1Br. The zero-order valence-corrected chi connectivity index (χ0v) is 16.7. The fourth-order valence-electron chi connectivity index (χ4n) is 2.18. The molecule has 0 saturated carbocycles. The molecule has 0 atom stereocenters. The highest BCUT2D eigenvalue weighted by Crippen LogP contribution is 2.32. The molecule has 2 rings (SSSR count). The van der Waals surface area contributed by atoms with Crippen molar-refractivity contribution >= 4 is 39.7 Å². The first kappa shape index (κ1) is 19.5. The van der Waals surface area contributed by atoms with Gasteiger partial charge in [0.2, 0.25) is 0 Å². The number of carbonyl (C=O) groups is 1. The lowest BCUT2D eigenvalue weighted by atomic mass is 10.0. The van der Waals surface area contributed by atoms with Gasteiger partial charge in [-0.1, -0.05) is 59.6 Å². The van der Waals surface area contributed by atoms with Crippen LogP contribution < -0.4 is 10.2 Å². The Morgan fingerprint density at radius 3 is 2.76 bits per heavy atom. The van der Waals surface area contributed by atoms with Gasteiger partial charge in [-0.15, -0.1) is 0 Å². The normalized spacial score (nSPS) is 11.1. The van der Waals surface area contributed by atoms with Crippen LogP contribution in [0.1, 0.15) is 36.5 Å². The molecular weight excluding hydrogens is 404 g/mol. The summed E-state index contributed by atoms with van der Waals surface area (Å²) < 4.78 is 6.72. The van der Waals surface area contributed by atoms with E-state index in [2.05, 4.69) is 40.3 Å². The summed E-state index contributed by atoms with van der Waals surface area (Å²) in [6.07, 6.45) is 1.50. The van der Waals surface area contributed by atoms with E-state index in [-0.39, 0.29) is 18.4 Å². The van der Waals surface area contributed by atoms with Gasteiger partial charge in [0.1, 0.15) is 5.75 Å². The van der Waals surface area contributed by atoms with Gasteiger partial charge in [0, 0.05) is 15.1 Å². The molecule has 4 nitrogen and oxygen atoms in total. The highest BCUT2D eigenvalue weighted by molar-refractivity contribution is 9.10. The molecule has 1 amide bonds. The van der Waals surface area contributed by atoms with Crippen LogP contribution in [0, 0.1) is 6.92 Å². The van der Waals surface area contributed by atoms with Crippen LogP contribution in [0.5, 0.6) is 5.75 Å². The average Bonchev–Trinajstić information content (AvgIpc) is 2.57. The summed E-state index contributed by atoms with van der Waals surface area (Å²) in [6, 6.07) is 11.2. The Hall–Kier alpha value is -1.85. The van der Waals surface area contributed by atoms with Crippen LogP contribution in [0.4, 0.5) is 0 Å². The van der Waals surface area contributed by atoms with E-state index in [0.29, 0.717) is 10.8 Å². The molecule has 0 fully saturated rings. The van der Waals surface area contributed by atoms with Crippen molar-refractivity contribution in [2.24, 2.45) is 5.10 Å². The van der Waals surface area contributed by atoms with E-state index < -0.39 is 0 Å². The summed E-state index contributed by atoms with van der Waals surface area (Å²) in [5, 5.41) is 4.48. The predicted molar refractivity (Wildman–Crippen MR) is 106 cm³/mol. The maximum Gasteiger partial charge on any atom is 0.277 e. The Labute approximate surface area is 161 Å². The molecule has 0 saturated heterocycles. The Balaban J connectivity index is 1.96.